The number of amides is 1. The average Bonchev–Trinajstić information content (AvgIpc) is 3.37. The van der Waals surface area contributed by atoms with Gasteiger partial charge in [0.25, 0.3) is 0 Å². The number of aliphatic hydroxyl groups is 2. The summed E-state index contributed by atoms with van der Waals surface area (Å²) in [4.78, 5) is 24.6. The zero-order valence-corrected chi connectivity index (χ0v) is 48.0. The van der Waals surface area contributed by atoms with Crippen molar-refractivity contribution in [3.63, 3.8) is 0 Å². The van der Waals surface area contributed by atoms with Gasteiger partial charge in [-0.25, -0.2) is 0 Å². The third-order valence-corrected chi connectivity index (χ3v) is 15.0. The highest BCUT2D eigenvalue weighted by atomic mass is 16.5. The van der Waals surface area contributed by atoms with Gasteiger partial charge in [-0.3, -0.25) is 9.59 Å². The van der Waals surface area contributed by atoms with Crippen LogP contribution in [0.5, 0.6) is 0 Å². The smallest absolute Gasteiger partial charge is 0.305 e. The molecule has 0 heterocycles. The SMILES string of the molecule is CCCCCCCCCCCCCCCCCCC/C=C/C(O)C(CO)NC(=O)CCCCCCCCC/C=C\CCCCCCCCOC(=O)CCCCCCCCCCCCCCCCCCCC. The maximum Gasteiger partial charge on any atom is 0.305 e. The summed E-state index contributed by atoms with van der Waals surface area (Å²) in [5, 5.41) is 23.2. The lowest BCUT2D eigenvalue weighted by Gasteiger charge is -2.20. The molecule has 2 unspecified atom stereocenters. The van der Waals surface area contributed by atoms with Crippen LogP contribution in [-0.2, 0) is 14.3 Å². The van der Waals surface area contributed by atoms with Crippen molar-refractivity contribution >= 4 is 11.9 Å². The van der Waals surface area contributed by atoms with Crippen LogP contribution in [0.4, 0.5) is 0 Å². The molecule has 0 aliphatic carbocycles. The van der Waals surface area contributed by atoms with Crippen molar-refractivity contribution in [2.24, 2.45) is 0 Å². The van der Waals surface area contributed by atoms with Crippen LogP contribution in [0.3, 0.4) is 0 Å². The molecule has 0 aliphatic heterocycles. The fraction of sp³-hybridized carbons (Fsp3) is 0.908. The number of hydrogen-bond donors (Lipinski definition) is 3. The first-order chi connectivity index (χ1) is 35.0. The standard InChI is InChI=1S/C65H125NO5/c1-3-5-7-9-11-13-15-17-19-21-23-25-29-33-37-41-45-49-53-57-63(68)62(61-67)66-64(69)58-54-50-46-42-38-34-30-26-24-28-32-36-40-44-48-52-56-60-71-65(70)59-55-51-47-43-39-35-31-27-22-20-18-16-14-12-10-8-6-4-2/h24,28,53,57,62-63,67-68H,3-23,25-27,29-52,54-56,58-61H2,1-2H3,(H,66,69)/b28-24-,57-53+. The minimum Gasteiger partial charge on any atom is -0.466 e. The Morgan fingerprint density at radius 3 is 1.00 bits per heavy atom. The molecule has 2 atom stereocenters. The van der Waals surface area contributed by atoms with E-state index in [4.69, 9.17) is 4.74 Å². The van der Waals surface area contributed by atoms with E-state index in [2.05, 4.69) is 31.3 Å². The van der Waals surface area contributed by atoms with E-state index in [9.17, 15) is 19.8 Å². The molecule has 71 heavy (non-hydrogen) atoms. The Balaban J connectivity index is 3.46. The highest BCUT2D eigenvalue weighted by Gasteiger charge is 2.18. The van der Waals surface area contributed by atoms with Crippen molar-refractivity contribution < 1.29 is 24.5 Å². The summed E-state index contributed by atoms with van der Waals surface area (Å²) in [6.45, 7) is 4.92. The van der Waals surface area contributed by atoms with Crippen LogP contribution >= 0.6 is 0 Å². The molecule has 0 bridgehead atoms. The van der Waals surface area contributed by atoms with E-state index in [0.717, 1.165) is 57.8 Å². The summed E-state index contributed by atoms with van der Waals surface area (Å²) < 4.78 is 5.49. The van der Waals surface area contributed by atoms with Crippen LogP contribution in [0.2, 0.25) is 0 Å². The van der Waals surface area contributed by atoms with Gasteiger partial charge in [-0.15, -0.1) is 0 Å². The van der Waals surface area contributed by atoms with Gasteiger partial charge in [0.15, 0.2) is 0 Å². The average molecular weight is 1000 g/mol. The summed E-state index contributed by atoms with van der Waals surface area (Å²) in [5.74, 6) is -0.0747. The molecule has 6 nitrogen and oxygen atoms in total. The van der Waals surface area contributed by atoms with E-state index >= 15 is 0 Å². The lowest BCUT2D eigenvalue weighted by Crippen LogP contribution is -2.45. The van der Waals surface area contributed by atoms with Crippen LogP contribution < -0.4 is 5.32 Å². The van der Waals surface area contributed by atoms with Crippen molar-refractivity contribution in [1.82, 2.24) is 5.32 Å². The summed E-state index contributed by atoms with van der Waals surface area (Å²) in [5.41, 5.74) is 0. The monoisotopic (exact) mass is 1000 g/mol. The molecule has 0 aliphatic rings. The molecule has 0 aromatic carbocycles. The molecule has 3 N–H and O–H groups in total. The molecule has 420 valence electrons. The molecule has 0 radical (unpaired) electrons. The van der Waals surface area contributed by atoms with Gasteiger partial charge in [0.1, 0.15) is 0 Å². The summed E-state index contributed by atoms with van der Waals surface area (Å²) in [7, 11) is 0. The molecule has 1 amide bonds. The van der Waals surface area contributed by atoms with Gasteiger partial charge < -0.3 is 20.3 Å². The maximum absolute atomic E-state index is 12.5. The minimum atomic E-state index is -0.853. The number of carbonyl (C=O) groups excluding carboxylic acids is 2. The summed E-state index contributed by atoms with van der Waals surface area (Å²) in [6, 6.07) is -0.637. The van der Waals surface area contributed by atoms with Crippen molar-refractivity contribution in [1.29, 1.82) is 0 Å². The van der Waals surface area contributed by atoms with Crippen LogP contribution in [0.25, 0.3) is 0 Å². The lowest BCUT2D eigenvalue weighted by molar-refractivity contribution is -0.143. The van der Waals surface area contributed by atoms with E-state index in [0.29, 0.717) is 19.4 Å². The number of allylic oxidation sites excluding steroid dienone is 3. The number of ether oxygens (including phenoxy) is 1. The first-order valence-electron chi connectivity index (χ1n) is 32.1. The Morgan fingerprint density at radius 2 is 0.662 bits per heavy atom. The number of nitrogens with one attached hydrogen (secondary N) is 1. The molecule has 0 saturated heterocycles. The van der Waals surface area contributed by atoms with Gasteiger partial charge in [-0.05, 0) is 57.8 Å². The first kappa shape index (κ1) is 69.3. The quantitative estimate of drug-likeness (QED) is 0.0320. The zero-order valence-electron chi connectivity index (χ0n) is 48.0. The van der Waals surface area contributed by atoms with E-state index in [-0.39, 0.29) is 18.5 Å². The number of carbonyl (C=O) groups is 2. The van der Waals surface area contributed by atoms with Crippen molar-refractivity contribution in [2.45, 2.75) is 366 Å². The largest absolute Gasteiger partial charge is 0.466 e. The number of unbranched alkanes of at least 4 members (excludes halogenated alkanes) is 47. The molecule has 0 aromatic rings. The summed E-state index contributed by atoms with van der Waals surface area (Å²) in [6.07, 6.45) is 75.0. The molecule has 0 aromatic heterocycles. The second kappa shape index (κ2) is 60.9. The Morgan fingerprint density at radius 1 is 0.380 bits per heavy atom. The predicted octanol–water partition coefficient (Wildman–Crippen LogP) is 20.2. The number of rotatable bonds is 60. The molecule has 0 saturated carbocycles. The second-order valence-electron chi connectivity index (χ2n) is 22.1. The van der Waals surface area contributed by atoms with Crippen LogP contribution in [0, 0.1) is 0 Å². The van der Waals surface area contributed by atoms with E-state index in [1.165, 1.54) is 270 Å². The normalized spacial score (nSPS) is 12.7. The molecule has 0 rings (SSSR count). The third-order valence-electron chi connectivity index (χ3n) is 15.0. The Bertz CT molecular complexity index is 1110. The lowest BCUT2D eigenvalue weighted by atomic mass is 10.0. The molecular formula is C65H125NO5. The van der Waals surface area contributed by atoms with E-state index < -0.39 is 12.1 Å². The van der Waals surface area contributed by atoms with Gasteiger partial charge in [0.05, 0.1) is 25.4 Å². The summed E-state index contributed by atoms with van der Waals surface area (Å²) >= 11 is 0. The zero-order chi connectivity index (χ0) is 51.4. The maximum atomic E-state index is 12.5. The molecule has 0 spiro atoms. The topological polar surface area (TPSA) is 95.9 Å². The Hall–Kier alpha value is -1.66. The number of esters is 1. The van der Waals surface area contributed by atoms with Gasteiger partial charge in [-0.2, -0.15) is 0 Å². The van der Waals surface area contributed by atoms with Gasteiger partial charge in [-0.1, -0.05) is 308 Å². The Labute approximate surface area is 443 Å². The Kier molecular flexibility index (Phi) is 59.5. The molecule has 0 fully saturated rings. The highest BCUT2D eigenvalue weighted by molar-refractivity contribution is 5.76. The van der Waals surface area contributed by atoms with Crippen LogP contribution in [0.1, 0.15) is 354 Å². The fourth-order valence-electron chi connectivity index (χ4n) is 10.0. The minimum absolute atomic E-state index is 0.00226. The van der Waals surface area contributed by atoms with Gasteiger partial charge in [0.2, 0.25) is 5.91 Å². The van der Waals surface area contributed by atoms with Gasteiger partial charge in [0, 0.05) is 12.8 Å². The van der Waals surface area contributed by atoms with Crippen molar-refractivity contribution in [2.75, 3.05) is 13.2 Å². The second-order valence-corrected chi connectivity index (χ2v) is 22.1. The third kappa shape index (κ3) is 57.5. The van der Waals surface area contributed by atoms with Gasteiger partial charge >= 0.3 is 5.97 Å². The number of hydrogen-bond acceptors (Lipinski definition) is 5. The molecular weight excluding hydrogens is 875 g/mol. The van der Waals surface area contributed by atoms with Crippen LogP contribution in [0.15, 0.2) is 24.3 Å². The number of aliphatic hydroxyl groups excluding tert-OH is 2. The van der Waals surface area contributed by atoms with E-state index in [1.54, 1.807) is 6.08 Å². The predicted molar refractivity (Wildman–Crippen MR) is 310 cm³/mol. The van der Waals surface area contributed by atoms with Crippen LogP contribution in [-0.4, -0.2) is 47.4 Å². The van der Waals surface area contributed by atoms with Crippen molar-refractivity contribution in [3.8, 4) is 0 Å². The highest BCUT2D eigenvalue weighted by Crippen LogP contribution is 2.18. The fourth-order valence-corrected chi connectivity index (χ4v) is 10.0. The van der Waals surface area contributed by atoms with Crippen molar-refractivity contribution in [3.05, 3.63) is 24.3 Å². The first-order valence-corrected chi connectivity index (χ1v) is 32.1. The van der Waals surface area contributed by atoms with E-state index in [1.807, 2.05) is 6.08 Å². The molecule has 6 heteroatoms.